The summed E-state index contributed by atoms with van der Waals surface area (Å²) in [6.07, 6.45) is 6.67. The number of esters is 4. The summed E-state index contributed by atoms with van der Waals surface area (Å²) in [5.74, 6) is -0.877. The van der Waals surface area contributed by atoms with Crippen molar-refractivity contribution in [3.05, 3.63) is 11.6 Å². The third-order valence-corrected chi connectivity index (χ3v) is 11.7. The Kier molecular flexibility index (Phi) is 10.6. The monoisotopic (exact) mass is 618 g/mol. The van der Waals surface area contributed by atoms with E-state index in [1.165, 1.54) is 33.3 Å². The van der Waals surface area contributed by atoms with E-state index in [4.69, 9.17) is 18.9 Å². The van der Waals surface area contributed by atoms with Crippen LogP contribution in [0.4, 0.5) is 0 Å². The Labute approximate surface area is 262 Å². The lowest BCUT2D eigenvalue weighted by atomic mass is 9.46. The van der Waals surface area contributed by atoms with Gasteiger partial charge in [0.2, 0.25) is 0 Å². The van der Waals surface area contributed by atoms with Gasteiger partial charge in [-0.05, 0) is 85.4 Å². The van der Waals surface area contributed by atoms with Crippen LogP contribution in [-0.4, -0.2) is 60.0 Å². The van der Waals surface area contributed by atoms with Crippen molar-refractivity contribution in [2.24, 2.45) is 46.3 Å². The van der Waals surface area contributed by atoms with E-state index >= 15 is 0 Å². The fraction of sp³-hybridized carbons (Fsp3) is 0.829. The van der Waals surface area contributed by atoms with Gasteiger partial charge in [-0.1, -0.05) is 39.3 Å². The van der Waals surface area contributed by atoms with E-state index in [2.05, 4.69) is 26.8 Å². The molecule has 3 saturated carbocycles. The first-order valence-corrected chi connectivity index (χ1v) is 16.6. The standard InChI is InChI=1S/C35H54O9/c1-19(18-41-21(3)36)9-12-30(43-23(5)38)20(2)32-29(40)16-28-27-11-10-25-15-26(42-22(4)37)13-14-34(25,7)33(27)31(44-24(6)39)17-35(28,32)8/h10,19-20,26-33,40H,9,11-18H2,1-8H3/t19-,20-,26+,27+,28+,29+,30+,31-,32+,33-,34+,35+/m1/s1. The molecule has 4 aliphatic carbocycles. The summed E-state index contributed by atoms with van der Waals surface area (Å²) >= 11 is 0. The molecule has 9 nitrogen and oxygen atoms in total. The van der Waals surface area contributed by atoms with E-state index in [0.717, 1.165) is 19.3 Å². The number of rotatable bonds is 10. The van der Waals surface area contributed by atoms with E-state index in [-0.39, 0.29) is 82.4 Å². The van der Waals surface area contributed by atoms with Crippen molar-refractivity contribution in [2.45, 2.75) is 131 Å². The number of hydrogen-bond donors (Lipinski definition) is 1. The van der Waals surface area contributed by atoms with Crippen LogP contribution in [0.15, 0.2) is 11.6 Å². The van der Waals surface area contributed by atoms with E-state index in [0.29, 0.717) is 38.7 Å². The summed E-state index contributed by atoms with van der Waals surface area (Å²) in [5.41, 5.74) is 0.769. The van der Waals surface area contributed by atoms with Crippen molar-refractivity contribution in [2.75, 3.05) is 6.61 Å². The Hall–Kier alpha value is -2.42. The normalized spacial score (nSPS) is 38.0. The second kappa shape index (κ2) is 13.5. The third-order valence-electron chi connectivity index (χ3n) is 11.7. The summed E-state index contributed by atoms with van der Waals surface area (Å²) in [5, 5.41) is 11.8. The van der Waals surface area contributed by atoms with Crippen molar-refractivity contribution in [1.29, 1.82) is 0 Å². The quantitative estimate of drug-likeness (QED) is 0.190. The number of carbonyl (C=O) groups excluding carboxylic acids is 4. The van der Waals surface area contributed by atoms with E-state index < -0.39 is 12.2 Å². The van der Waals surface area contributed by atoms with Crippen LogP contribution in [0, 0.1) is 46.3 Å². The zero-order valence-electron chi connectivity index (χ0n) is 27.9. The third kappa shape index (κ3) is 7.02. The van der Waals surface area contributed by atoms with Crippen molar-refractivity contribution < 1.29 is 43.2 Å². The molecule has 248 valence electrons. The highest BCUT2D eigenvalue weighted by Crippen LogP contribution is 2.68. The van der Waals surface area contributed by atoms with Gasteiger partial charge in [-0.15, -0.1) is 0 Å². The molecule has 4 aliphatic rings. The molecule has 0 bridgehead atoms. The molecule has 0 aromatic carbocycles. The van der Waals surface area contributed by atoms with E-state index in [9.17, 15) is 24.3 Å². The summed E-state index contributed by atoms with van der Waals surface area (Å²) in [6.45, 7) is 14.7. The first-order chi connectivity index (χ1) is 20.6. The minimum absolute atomic E-state index is 0.102. The minimum Gasteiger partial charge on any atom is -0.466 e. The predicted octanol–water partition coefficient (Wildman–Crippen LogP) is 5.56. The molecular formula is C35H54O9. The van der Waals surface area contributed by atoms with Crippen LogP contribution in [-0.2, 0) is 38.1 Å². The molecule has 12 atom stereocenters. The number of fused-ring (bicyclic) bond motifs is 5. The number of aliphatic hydroxyl groups is 1. The fourth-order valence-corrected chi connectivity index (χ4v) is 10.1. The van der Waals surface area contributed by atoms with Crippen molar-refractivity contribution in [3.63, 3.8) is 0 Å². The predicted molar refractivity (Wildman–Crippen MR) is 163 cm³/mol. The Morgan fingerprint density at radius 3 is 2.27 bits per heavy atom. The molecule has 1 N–H and O–H groups in total. The van der Waals surface area contributed by atoms with Gasteiger partial charge in [0.25, 0.3) is 0 Å². The maximum atomic E-state index is 12.5. The van der Waals surface area contributed by atoms with E-state index in [1.54, 1.807) is 0 Å². The van der Waals surface area contributed by atoms with Gasteiger partial charge in [0.05, 0.1) is 12.7 Å². The Balaban J connectivity index is 1.62. The van der Waals surface area contributed by atoms with Crippen LogP contribution in [0.25, 0.3) is 0 Å². The van der Waals surface area contributed by atoms with Crippen molar-refractivity contribution >= 4 is 23.9 Å². The molecule has 0 aromatic rings. The SMILES string of the molecule is CC(=O)OC[C@H](C)CC[C@H](OC(C)=O)[C@@H](C)[C@H]1[C@@H](O)C[C@H]2[C@@H]3CC=C4C[C@@H](OC(C)=O)CC[C@]4(C)[C@H]3[C@H](OC(C)=O)C[C@]12C. The minimum atomic E-state index is -0.578. The highest BCUT2D eigenvalue weighted by Gasteiger charge is 2.65. The lowest BCUT2D eigenvalue weighted by molar-refractivity contribution is -0.180. The molecule has 4 rings (SSSR count). The number of allylic oxidation sites excluding steroid dienone is 1. The molecule has 0 amide bonds. The van der Waals surface area contributed by atoms with Gasteiger partial charge in [0.15, 0.2) is 0 Å². The Bertz CT molecular complexity index is 1130. The van der Waals surface area contributed by atoms with Crippen LogP contribution in [0.5, 0.6) is 0 Å². The summed E-state index contributed by atoms with van der Waals surface area (Å²) in [6, 6.07) is 0. The summed E-state index contributed by atoms with van der Waals surface area (Å²) in [4.78, 5) is 47.8. The number of ether oxygens (including phenoxy) is 4. The van der Waals surface area contributed by atoms with E-state index in [1.807, 2.05) is 6.92 Å². The lowest BCUT2D eigenvalue weighted by Gasteiger charge is -2.60. The van der Waals surface area contributed by atoms with Gasteiger partial charge >= 0.3 is 23.9 Å². The molecule has 3 fully saturated rings. The topological polar surface area (TPSA) is 125 Å². The maximum Gasteiger partial charge on any atom is 0.302 e. The molecule has 0 saturated heterocycles. The van der Waals surface area contributed by atoms with Gasteiger partial charge in [0.1, 0.15) is 18.3 Å². The molecule has 44 heavy (non-hydrogen) atoms. The Morgan fingerprint density at radius 2 is 1.66 bits per heavy atom. The molecule has 0 aliphatic heterocycles. The van der Waals surface area contributed by atoms with Crippen molar-refractivity contribution in [1.82, 2.24) is 0 Å². The fourth-order valence-electron chi connectivity index (χ4n) is 10.1. The molecule has 9 heteroatoms. The average molecular weight is 619 g/mol. The second-order valence-electron chi connectivity index (χ2n) is 14.8. The zero-order valence-corrected chi connectivity index (χ0v) is 27.9. The number of hydrogen-bond acceptors (Lipinski definition) is 9. The van der Waals surface area contributed by atoms with Crippen molar-refractivity contribution in [3.8, 4) is 0 Å². The van der Waals surface area contributed by atoms with Crippen LogP contribution in [0.3, 0.4) is 0 Å². The smallest absolute Gasteiger partial charge is 0.302 e. The molecular weight excluding hydrogens is 564 g/mol. The first-order valence-electron chi connectivity index (χ1n) is 16.6. The maximum absolute atomic E-state index is 12.5. The highest BCUT2D eigenvalue weighted by atomic mass is 16.6. The highest BCUT2D eigenvalue weighted by molar-refractivity contribution is 5.67. The lowest BCUT2D eigenvalue weighted by Crippen LogP contribution is -2.58. The van der Waals surface area contributed by atoms with Gasteiger partial charge in [-0.25, -0.2) is 0 Å². The first kappa shape index (κ1) is 34.5. The van der Waals surface area contributed by atoms with Crippen LogP contribution in [0.1, 0.15) is 107 Å². The molecule has 0 heterocycles. The summed E-state index contributed by atoms with van der Waals surface area (Å²) < 4.78 is 22.9. The van der Waals surface area contributed by atoms with Gasteiger partial charge in [0, 0.05) is 40.0 Å². The largest absolute Gasteiger partial charge is 0.466 e. The number of carbonyl (C=O) groups is 4. The summed E-state index contributed by atoms with van der Waals surface area (Å²) in [7, 11) is 0. The Morgan fingerprint density at radius 1 is 0.977 bits per heavy atom. The zero-order chi connectivity index (χ0) is 32.6. The molecule has 0 unspecified atom stereocenters. The van der Waals surface area contributed by atoms with Crippen LogP contribution >= 0.6 is 0 Å². The molecule has 0 spiro atoms. The van der Waals surface area contributed by atoms with Gasteiger partial charge < -0.3 is 24.1 Å². The van der Waals surface area contributed by atoms with Gasteiger partial charge in [-0.2, -0.15) is 0 Å². The average Bonchev–Trinajstić information content (AvgIpc) is 3.18. The molecule has 0 radical (unpaired) electrons. The van der Waals surface area contributed by atoms with Gasteiger partial charge in [-0.3, -0.25) is 19.2 Å². The van der Waals surface area contributed by atoms with Crippen LogP contribution in [0.2, 0.25) is 0 Å². The second-order valence-corrected chi connectivity index (χ2v) is 14.8. The number of aliphatic hydroxyl groups excluding tert-OH is 1. The molecule has 0 aromatic heterocycles. The van der Waals surface area contributed by atoms with Crippen LogP contribution < -0.4 is 0 Å².